The van der Waals surface area contributed by atoms with Crippen molar-refractivity contribution in [3.63, 3.8) is 0 Å². The minimum absolute atomic E-state index is 0.00836. The molecule has 3 aromatic heterocycles. The molecule has 0 aliphatic heterocycles. The zero-order valence-corrected chi connectivity index (χ0v) is 18.2. The largest absolute Gasteiger partial charge is 0.442 e. The van der Waals surface area contributed by atoms with Crippen LogP contribution in [0.5, 0.6) is 0 Å². The molecule has 0 atom stereocenters. The smallest absolute Gasteiger partial charge is 0.416 e. The van der Waals surface area contributed by atoms with Gasteiger partial charge in [0.2, 0.25) is 5.71 Å². The Morgan fingerprint density at radius 3 is 2.55 bits per heavy atom. The summed E-state index contributed by atoms with van der Waals surface area (Å²) in [5.74, 6) is -0.582. The van der Waals surface area contributed by atoms with Gasteiger partial charge < -0.3 is 14.3 Å². The molecule has 0 spiro atoms. The average molecular weight is 459 g/mol. The SMILES string of the molecule is Cc1cc(C)n(-c2ccc(CNC(=O)c3c(C)oc4ncn(C)c(=O)c34)c(C(F)(F)F)c2)n1. The third-order valence-electron chi connectivity index (χ3n) is 5.27. The first-order valence-electron chi connectivity index (χ1n) is 9.94. The first-order valence-corrected chi connectivity index (χ1v) is 9.94. The predicted molar refractivity (Wildman–Crippen MR) is 113 cm³/mol. The van der Waals surface area contributed by atoms with Gasteiger partial charge in [0.05, 0.1) is 22.5 Å². The molecule has 33 heavy (non-hydrogen) atoms. The molecule has 0 saturated heterocycles. The average Bonchev–Trinajstić information content (AvgIpc) is 3.26. The number of amides is 1. The van der Waals surface area contributed by atoms with Crippen LogP contribution < -0.4 is 10.9 Å². The van der Waals surface area contributed by atoms with E-state index in [0.717, 1.165) is 6.07 Å². The van der Waals surface area contributed by atoms with Crippen LogP contribution in [0, 0.1) is 20.8 Å². The van der Waals surface area contributed by atoms with E-state index < -0.39 is 29.8 Å². The summed E-state index contributed by atoms with van der Waals surface area (Å²) in [5.41, 5.74) is 0.0655. The molecule has 1 aromatic carbocycles. The van der Waals surface area contributed by atoms with Gasteiger partial charge in [-0.3, -0.25) is 9.59 Å². The number of fused-ring (bicyclic) bond motifs is 1. The van der Waals surface area contributed by atoms with Crippen LogP contribution in [0.3, 0.4) is 0 Å². The van der Waals surface area contributed by atoms with E-state index in [1.165, 1.54) is 41.7 Å². The second-order valence-electron chi connectivity index (χ2n) is 7.73. The van der Waals surface area contributed by atoms with Crippen molar-refractivity contribution in [3.05, 3.63) is 74.8 Å². The van der Waals surface area contributed by atoms with Gasteiger partial charge >= 0.3 is 6.18 Å². The molecular formula is C22H20F3N5O3. The highest BCUT2D eigenvalue weighted by molar-refractivity contribution is 6.06. The molecule has 0 unspecified atom stereocenters. The van der Waals surface area contributed by atoms with Crippen LogP contribution in [0.2, 0.25) is 0 Å². The van der Waals surface area contributed by atoms with Crippen molar-refractivity contribution in [2.75, 3.05) is 0 Å². The number of nitrogens with zero attached hydrogens (tertiary/aromatic N) is 4. The summed E-state index contributed by atoms with van der Waals surface area (Å²) in [6.45, 7) is 4.58. The highest BCUT2D eigenvalue weighted by atomic mass is 19.4. The lowest BCUT2D eigenvalue weighted by Gasteiger charge is -2.16. The van der Waals surface area contributed by atoms with Gasteiger partial charge in [-0.1, -0.05) is 6.07 Å². The van der Waals surface area contributed by atoms with E-state index in [4.69, 9.17) is 4.42 Å². The highest BCUT2D eigenvalue weighted by Gasteiger charge is 2.34. The Morgan fingerprint density at radius 2 is 1.91 bits per heavy atom. The number of benzene rings is 1. The fourth-order valence-corrected chi connectivity index (χ4v) is 3.73. The Kier molecular flexibility index (Phi) is 5.35. The Hall–Kier alpha value is -3.89. The Bertz CT molecular complexity index is 1450. The molecular weight excluding hydrogens is 439 g/mol. The third-order valence-corrected chi connectivity index (χ3v) is 5.27. The molecule has 3 heterocycles. The molecule has 4 rings (SSSR count). The number of aromatic nitrogens is 4. The van der Waals surface area contributed by atoms with Crippen molar-refractivity contribution in [2.24, 2.45) is 7.05 Å². The highest BCUT2D eigenvalue weighted by Crippen LogP contribution is 2.34. The van der Waals surface area contributed by atoms with E-state index in [1.54, 1.807) is 19.9 Å². The number of rotatable bonds is 4. The van der Waals surface area contributed by atoms with E-state index in [2.05, 4.69) is 15.4 Å². The number of halogens is 3. The number of aryl methyl sites for hydroxylation is 4. The number of hydrogen-bond acceptors (Lipinski definition) is 5. The van der Waals surface area contributed by atoms with Gasteiger partial charge in [0, 0.05) is 19.3 Å². The van der Waals surface area contributed by atoms with Gasteiger partial charge in [-0.05, 0) is 44.5 Å². The monoisotopic (exact) mass is 459 g/mol. The van der Waals surface area contributed by atoms with Crippen LogP contribution in [-0.4, -0.2) is 25.2 Å². The molecule has 4 aromatic rings. The van der Waals surface area contributed by atoms with Gasteiger partial charge in [-0.25, -0.2) is 9.67 Å². The van der Waals surface area contributed by atoms with Crippen LogP contribution in [0.4, 0.5) is 13.2 Å². The number of carbonyl (C=O) groups is 1. The molecule has 0 aliphatic carbocycles. The standard InChI is InChI=1S/C22H20F3N5O3/c1-11-7-12(2)30(28-11)15-6-5-14(16(8-15)22(23,24)25)9-26-19(31)17-13(3)33-20-18(17)21(32)29(4)10-27-20/h5-8,10H,9H2,1-4H3,(H,26,31). The van der Waals surface area contributed by atoms with E-state index in [-0.39, 0.29) is 33.7 Å². The summed E-state index contributed by atoms with van der Waals surface area (Å²) in [6, 6.07) is 5.57. The maximum atomic E-state index is 13.8. The molecule has 1 N–H and O–H groups in total. The second kappa shape index (κ2) is 7.91. The van der Waals surface area contributed by atoms with E-state index in [1.807, 2.05) is 0 Å². The maximum Gasteiger partial charge on any atom is 0.416 e. The predicted octanol–water partition coefficient (Wildman–Crippen LogP) is 3.59. The van der Waals surface area contributed by atoms with Gasteiger partial charge in [0.25, 0.3) is 11.5 Å². The van der Waals surface area contributed by atoms with Crippen LogP contribution in [0.15, 0.2) is 39.8 Å². The Morgan fingerprint density at radius 1 is 1.18 bits per heavy atom. The van der Waals surface area contributed by atoms with Crippen LogP contribution in [0.1, 0.15) is 38.6 Å². The lowest BCUT2D eigenvalue weighted by Crippen LogP contribution is -2.27. The normalized spacial score (nSPS) is 11.8. The van der Waals surface area contributed by atoms with Crippen molar-refractivity contribution >= 4 is 17.0 Å². The Labute approximate surface area is 185 Å². The third kappa shape index (κ3) is 4.01. The number of nitrogens with one attached hydrogen (secondary N) is 1. The number of furan rings is 1. The summed E-state index contributed by atoms with van der Waals surface area (Å²) < 4.78 is 49.4. The molecule has 172 valence electrons. The second-order valence-corrected chi connectivity index (χ2v) is 7.73. The van der Waals surface area contributed by atoms with Gasteiger partial charge in [0.15, 0.2) is 0 Å². The molecule has 0 fully saturated rings. The summed E-state index contributed by atoms with van der Waals surface area (Å²) in [4.78, 5) is 29.3. The minimum Gasteiger partial charge on any atom is -0.442 e. The first kappa shape index (κ1) is 22.3. The first-order chi connectivity index (χ1) is 15.5. The molecule has 0 radical (unpaired) electrons. The molecule has 0 aliphatic rings. The van der Waals surface area contributed by atoms with Crippen molar-refractivity contribution in [2.45, 2.75) is 33.5 Å². The summed E-state index contributed by atoms with van der Waals surface area (Å²) >= 11 is 0. The molecule has 11 heteroatoms. The Balaban J connectivity index is 1.68. The van der Waals surface area contributed by atoms with Crippen LogP contribution in [-0.2, 0) is 19.8 Å². The fourth-order valence-electron chi connectivity index (χ4n) is 3.73. The minimum atomic E-state index is -4.65. The van der Waals surface area contributed by atoms with Crippen molar-refractivity contribution in [1.29, 1.82) is 0 Å². The van der Waals surface area contributed by atoms with Crippen molar-refractivity contribution < 1.29 is 22.4 Å². The topological polar surface area (TPSA) is 95.0 Å². The van der Waals surface area contributed by atoms with Crippen molar-refractivity contribution in [1.82, 2.24) is 24.6 Å². The van der Waals surface area contributed by atoms with Crippen LogP contribution in [0.25, 0.3) is 16.8 Å². The van der Waals surface area contributed by atoms with Gasteiger partial charge in [-0.15, -0.1) is 0 Å². The van der Waals surface area contributed by atoms with Crippen molar-refractivity contribution in [3.8, 4) is 5.69 Å². The van der Waals surface area contributed by atoms with E-state index >= 15 is 0 Å². The molecule has 8 nitrogen and oxygen atoms in total. The van der Waals surface area contributed by atoms with E-state index in [9.17, 15) is 22.8 Å². The molecule has 0 bridgehead atoms. The zero-order valence-electron chi connectivity index (χ0n) is 18.2. The lowest BCUT2D eigenvalue weighted by atomic mass is 10.1. The molecule has 1 amide bonds. The van der Waals surface area contributed by atoms with Crippen LogP contribution >= 0.6 is 0 Å². The van der Waals surface area contributed by atoms with Gasteiger partial charge in [0.1, 0.15) is 17.5 Å². The van der Waals surface area contributed by atoms with E-state index in [0.29, 0.717) is 11.4 Å². The summed E-state index contributed by atoms with van der Waals surface area (Å²) in [7, 11) is 1.47. The fraction of sp³-hybridized carbons (Fsp3) is 0.273. The van der Waals surface area contributed by atoms with Gasteiger partial charge in [-0.2, -0.15) is 18.3 Å². The molecule has 0 saturated carbocycles. The summed E-state index contributed by atoms with van der Waals surface area (Å²) in [5, 5.41) is 6.68. The number of alkyl halides is 3. The maximum absolute atomic E-state index is 13.8. The zero-order chi connectivity index (χ0) is 24.1. The lowest BCUT2D eigenvalue weighted by molar-refractivity contribution is -0.138. The number of carbonyl (C=O) groups excluding carboxylic acids is 1. The number of hydrogen-bond donors (Lipinski definition) is 1. The quantitative estimate of drug-likeness (QED) is 0.503. The summed E-state index contributed by atoms with van der Waals surface area (Å²) in [6.07, 6.45) is -3.39.